The quantitative estimate of drug-likeness (QED) is 0.126. The van der Waals surface area contributed by atoms with Gasteiger partial charge >= 0.3 is 0 Å². The number of amides is 1. The van der Waals surface area contributed by atoms with Crippen LogP contribution in [0.15, 0.2) is 120 Å². The van der Waals surface area contributed by atoms with Gasteiger partial charge in [-0.15, -0.1) is 0 Å². The fourth-order valence-electron chi connectivity index (χ4n) is 7.62. The van der Waals surface area contributed by atoms with Crippen LogP contribution in [-0.2, 0) is 17.6 Å². The lowest BCUT2D eigenvalue weighted by molar-refractivity contribution is 0.0982. The summed E-state index contributed by atoms with van der Waals surface area (Å²) in [6.07, 6.45) is 6.66. The number of allylic oxidation sites excluding steroid dienone is 1. The summed E-state index contributed by atoms with van der Waals surface area (Å²) in [5.74, 6) is -0.0433. The first-order chi connectivity index (χ1) is 28.5. The van der Waals surface area contributed by atoms with Gasteiger partial charge in [0.2, 0.25) is 0 Å². The predicted molar refractivity (Wildman–Crippen MR) is 233 cm³/mol. The van der Waals surface area contributed by atoms with Crippen LogP contribution in [0.3, 0.4) is 0 Å². The first kappa shape index (κ1) is 40.6. The Labute approximate surface area is 355 Å². The minimum Gasteiger partial charge on any atom is -0.489 e. The lowest BCUT2D eigenvalue weighted by Gasteiger charge is -2.39. The van der Waals surface area contributed by atoms with Crippen molar-refractivity contribution in [3.05, 3.63) is 148 Å². The summed E-state index contributed by atoms with van der Waals surface area (Å²) in [6, 6.07) is 28.2. The molecule has 0 spiro atoms. The number of ether oxygens (including phenoxy) is 2. The molecular weight excluding hydrogens is 809 g/mol. The van der Waals surface area contributed by atoms with Crippen LogP contribution in [0, 0.1) is 11.2 Å². The largest absolute Gasteiger partial charge is 0.489 e. The minimum atomic E-state index is -2.06. The van der Waals surface area contributed by atoms with E-state index in [9.17, 15) is 9.00 Å². The molecular formula is C46H44Cl2FN5O4S. The highest BCUT2D eigenvalue weighted by Gasteiger charge is 2.30. The third-order valence-electron chi connectivity index (χ3n) is 11.0. The van der Waals surface area contributed by atoms with Crippen molar-refractivity contribution >= 4 is 62.4 Å². The average molecular weight is 853 g/mol. The van der Waals surface area contributed by atoms with E-state index >= 15 is 4.39 Å². The average Bonchev–Trinajstić information content (AvgIpc) is 3.70. The molecule has 4 aromatic carbocycles. The van der Waals surface area contributed by atoms with E-state index in [1.807, 2.05) is 36.4 Å². The summed E-state index contributed by atoms with van der Waals surface area (Å²) >= 11 is 12.2. The molecule has 3 heterocycles. The van der Waals surface area contributed by atoms with Crippen molar-refractivity contribution in [2.75, 3.05) is 37.6 Å². The van der Waals surface area contributed by atoms with Crippen molar-refractivity contribution in [1.82, 2.24) is 19.6 Å². The molecule has 0 radical (unpaired) electrons. The van der Waals surface area contributed by atoms with Crippen LogP contribution < -0.4 is 19.1 Å². The van der Waals surface area contributed by atoms with Crippen molar-refractivity contribution in [2.24, 2.45) is 5.41 Å². The summed E-state index contributed by atoms with van der Waals surface area (Å²) in [7, 11) is -2.06. The molecule has 1 aliphatic carbocycles. The third kappa shape index (κ3) is 9.82. The zero-order valence-electron chi connectivity index (χ0n) is 32.8. The van der Waals surface area contributed by atoms with Crippen molar-refractivity contribution in [2.45, 2.75) is 44.6 Å². The Bertz CT molecular complexity index is 2540. The Hall–Kier alpha value is -5.20. The number of aromatic amines is 1. The van der Waals surface area contributed by atoms with Gasteiger partial charge in [-0.1, -0.05) is 60.8 Å². The molecule has 0 bridgehead atoms. The van der Waals surface area contributed by atoms with E-state index in [2.05, 4.69) is 50.5 Å². The fraction of sp³-hybridized carbons (Fsp3) is 0.261. The number of H-pyrrole nitrogens is 1. The van der Waals surface area contributed by atoms with Gasteiger partial charge in [0, 0.05) is 77.2 Å². The van der Waals surface area contributed by atoms with E-state index < -0.39 is 22.7 Å². The van der Waals surface area contributed by atoms with Gasteiger partial charge in [-0.25, -0.2) is 13.6 Å². The van der Waals surface area contributed by atoms with Crippen LogP contribution in [0.25, 0.3) is 16.6 Å². The van der Waals surface area contributed by atoms with Gasteiger partial charge in [-0.2, -0.15) is 0 Å². The molecule has 6 aromatic rings. The Kier molecular flexibility index (Phi) is 12.1. The number of hydrogen-bond donors (Lipinski definition) is 2. The van der Waals surface area contributed by atoms with Gasteiger partial charge in [0.25, 0.3) is 5.91 Å². The number of benzene rings is 4. The van der Waals surface area contributed by atoms with E-state index in [-0.39, 0.29) is 28.0 Å². The summed E-state index contributed by atoms with van der Waals surface area (Å²) in [5, 5.41) is 2.16. The highest BCUT2D eigenvalue weighted by molar-refractivity contribution is 7.83. The summed E-state index contributed by atoms with van der Waals surface area (Å²) in [4.78, 5) is 25.9. The van der Waals surface area contributed by atoms with E-state index in [1.165, 1.54) is 28.8 Å². The molecule has 1 saturated heterocycles. The normalized spacial score (nSPS) is 16.3. The minimum absolute atomic E-state index is 0.0122. The first-order valence-corrected chi connectivity index (χ1v) is 21.5. The SMILES string of the molecule is CC1(C)CCC(CN2CCN(c3ccc(S(=O)NC(=O)c4ccc(COc5ccc(Cl)cc5)c(F)c4)c(Oc4cnc5[nH]ccc5c4)c3)CC2)=C(c2ccc(Cl)cc2)C1. The lowest BCUT2D eigenvalue weighted by atomic mass is 9.72. The summed E-state index contributed by atoms with van der Waals surface area (Å²) in [6.45, 7) is 8.90. The molecule has 1 unspecified atom stereocenters. The van der Waals surface area contributed by atoms with Crippen molar-refractivity contribution < 1.29 is 22.9 Å². The smallest absolute Gasteiger partial charge is 0.263 e. The molecule has 2 aliphatic rings. The molecule has 8 rings (SSSR count). The van der Waals surface area contributed by atoms with Crippen LogP contribution in [0.5, 0.6) is 17.2 Å². The van der Waals surface area contributed by atoms with Crippen molar-refractivity contribution in [3.8, 4) is 17.2 Å². The molecule has 304 valence electrons. The fourth-order valence-corrected chi connectivity index (χ4v) is 8.75. The Morgan fingerprint density at radius 3 is 2.41 bits per heavy atom. The van der Waals surface area contributed by atoms with Crippen LogP contribution >= 0.6 is 23.2 Å². The molecule has 1 amide bonds. The molecule has 2 N–H and O–H groups in total. The lowest BCUT2D eigenvalue weighted by Crippen LogP contribution is -2.47. The Morgan fingerprint density at radius 2 is 1.66 bits per heavy atom. The predicted octanol–water partition coefficient (Wildman–Crippen LogP) is 10.6. The number of nitrogens with zero attached hydrogens (tertiary/aromatic N) is 3. The molecule has 1 aliphatic heterocycles. The van der Waals surface area contributed by atoms with E-state index in [1.54, 1.807) is 42.7 Å². The zero-order valence-corrected chi connectivity index (χ0v) is 35.1. The number of rotatable bonds is 12. The number of pyridine rings is 1. The van der Waals surface area contributed by atoms with Gasteiger partial charge in [-0.3, -0.25) is 14.4 Å². The second kappa shape index (κ2) is 17.6. The number of hydrogen-bond acceptors (Lipinski definition) is 7. The highest BCUT2D eigenvalue weighted by Crippen LogP contribution is 2.43. The topological polar surface area (TPSA) is 99.8 Å². The second-order valence-electron chi connectivity index (χ2n) is 15.8. The zero-order chi connectivity index (χ0) is 41.1. The maximum Gasteiger partial charge on any atom is 0.263 e. The van der Waals surface area contributed by atoms with Gasteiger partial charge < -0.3 is 19.4 Å². The maximum absolute atomic E-state index is 15.1. The van der Waals surface area contributed by atoms with E-state index in [0.717, 1.165) is 74.1 Å². The van der Waals surface area contributed by atoms with Crippen LogP contribution in [-0.4, -0.2) is 57.7 Å². The standard InChI is InChI=1S/C46H44Cl2FN5O4S/c1-46(2)17-15-33(40(26-46)30-5-7-35(47)8-6-30)28-53-19-21-54(22-20-53)37-11-14-43(42(25-37)58-39-23-31-16-18-50-44(31)51-27-39)59(56)52-45(55)32-3-4-34(41(49)24-32)29-57-38-12-9-36(48)10-13-38/h3-14,16,18,23-25,27H,15,17,19-22,26,28-29H2,1-2H3,(H,50,51)(H,52,55). The highest BCUT2D eigenvalue weighted by atomic mass is 35.5. The van der Waals surface area contributed by atoms with Crippen LogP contribution in [0.1, 0.15) is 54.6 Å². The monoisotopic (exact) mass is 851 g/mol. The molecule has 13 heteroatoms. The number of anilines is 1. The number of nitrogens with one attached hydrogen (secondary N) is 2. The number of aromatic nitrogens is 2. The second-order valence-corrected chi connectivity index (χ2v) is 17.8. The van der Waals surface area contributed by atoms with Crippen LogP contribution in [0.4, 0.5) is 10.1 Å². The van der Waals surface area contributed by atoms with Gasteiger partial charge in [0.05, 0.1) is 6.20 Å². The molecule has 1 atom stereocenters. The van der Waals surface area contributed by atoms with Gasteiger partial charge in [-0.05, 0) is 109 Å². The molecule has 0 saturated carbocycles. The first-order valence-electron chi connectivity index (χ1n) is 19.6. The Morgan fingerprint density at radius 1 is 0.915 bits per heavy atom. The number of halogens is 3. The van der Waals surface area contributed by atoms with Crippen LogP contribution in [0.2, 0.25) is 10.0 Å². The van der Waals surface area contributed by atoms with Crippen molar-refractivity contribution in [3.63, 3.8) is 0 Å². The number of carbonyl (C=O) groups is 1. The molecule has 59 heavy (non-hydrogen) atoms. The Balaban J connectivity index is 0.972. The molecule has 9 nitrogen and oxygen atoms in total. The molecule has 2 aromatic heterocycles. The van der Waals surface area contributed by atoms with E-state index in [4.69, 9.17) is 32.7 Å². The maximum atomic E-state index is 15.1. The van der Waals surface area contributed by atoms with Crippen molar-refractivity contribution in [1.29, 1.82) is 0 Å². The number of carbonyl (C=O) groups excluding carboxylic acids is 1. The number of piperazine rings is 1. The summed E-state index contributed by atoms with van der Waals surface area (Å²) < 4.78 is 43.6. The molecule has 1 fully saturated rings. The third-order valence-corrected chi connectivity index (χ3v) is 12.6. The summed E-state index contributed by atoms with van der Waals surface area (Å²) in [5.41, 5.74) is 6.33. The van der Waals surface area contributed by atoms with Gasteiger partial charge in [0.1, 0.15) is 40.2 Å². The van der Waals surface area contributed by atoms with Gasteiger partial charge in [0.15, 0.2) is 11.0 Å². The van der Waals surface area contributed by atoms with E-state index in [0.29, 0.717) is 27.9 Å². The number of fused-ring (bicyclic) bond motifs is 1.